The SMILES string of the molecule is CCCC(CCC)N(C)C1CCNC1. The Morgan fingerprint density at radius 1 is 1.29 bits per heavy atom. The van der Waals surface area contributed by atoms with Gasteiger partial charge in [0, 0.05) is 18.6 Å². The van der Waals surface area contributed by atoms with E-state index in [1.807, 2.05) is 0 Å². The highest BCUT2D eigenvalue weighted by Gasteiger charge is 2.24. The van der Waals surface area contributed by atoms with Crippen molar-refractivity contribution in [1.29, 1.82) is 0 Å². The molecule has 1 rings (SSSR count). The lowest BCUT2D eigenvalue weighted by molar-refractivity contribution is 0.164. The highest BCUT2D eigenvalue weighted by Crippen LogP contribution is 2.17. The minimum Gasteiger partial charge on any atom is -0.315 e. The third kappa shape index (κ3) is 3.25. The van der Waals surface area contributed by atoms with Gasteiger partial charge in [-0.05, 0) is 32.9 Å². The first-order valence-electron chi connectivity index (χ1n) is 6.22. The maximum Gasteiger partial charge on any atom is 0.0232 e. The van der Waals surface area contributed by atoms with Gasteiger partial charge in [-0.15, -0.1) is 0 Å². The van der Waals surface area contributed by atoms with Crippen molar-refractivity contribution in [2.45, 2.75) is 58.0 Å². The second kappa shape index (κ2) is 6.41. The van der Waals surface area contributed by atoms with Gasteiger partial charge in [0.25, 0.3) is 0 Å². The number of nitrogens with one attached hydrogen (secondary N) is 1. The van der Waals surface area contributed by atoms with Crippen LogP contribution in [0, 0.1) is 0 Å². The first-order valence-corrected chi connectivity index (χ1v) is 6.22. The Kier molecular flexibility index (Phi) is 5.49. The molecule has 2 nitrogen and oxygen atoms in total. The summed E-state index contributed by atoms with van der Waals surface area (Å²) >= 11 is 0. The molecule has 1 heterocycles. The molecule has 0 amide bonds. The lowest BCUT2D eigenvalue weighted by atomic mass is 10.0. The van der Waals surface area contributed by atoms with Crippen molar-refractivity contribution < 1.29 is 0 Å². The van der Waals surface area contributed by atoms with Gasteiger partial charge in [0.15, 0.2) is 0 Å². The molecule has 1 aliphatic rings. The molecule has 1 fully saturated rings. The van der Waals surface area contributed by atoms with Gasteiger partial charge in [-0.2, -0.15) is 0 Å². The van der Waals surface area contributed by atoms with Crippen molar-refractivity contribution in [2.75, 3.05) is 20.1 Å². The highest BCUT2D eigenvalue weighted by atomic mass is 15.2. The summed E-state index contributed by atoms with van der Waals surface area (Å²) < 4.78 is 0. The second-order valence-electron chi connectivity index (χ2n) is 4.54. The molecule has 14 heavy (non-hydrogen) atoms. The summed E-state index contributed by atoms with van der Waals surface area (Å²) in [7, 11) is 2.31. The normalized spacial score (nSPS) is 22.5. The van der Waals surface area contributed by atoms with E-state index in [2.05, 4.69) is 31.1 Å². The summed E-state index contributed by atoms with van der Waals surface area (Å²) in [5, 5.41) is 3.45. The number of rotatable bonds is 6. The van der Waals surface area contributed by atoms with E-state index in [4.69, 9.17) is 0 Å². The van der Waals surface area contributed by atoms with Crippen LogP contribution >= 0.6 is 0 Å². The summed E-state index contributed by atoms with van der Waals surface area (Å²) in [4.78, 5) is 2.62. The van der Waals surface area contributed by atoms with Crippen LogP contribution in [0.25, 0.3) is 0 Å². The monoisotopic (exact) mass is 198 g/mol. The lowest BCUT2D eigenvalue weighted by Gasteiger charge is -2.32. The van der Waals surface area contributed by atoms with Gasteiger partial charge in [-0.3, -0.25) is 4.90 Å². The summed E-state index contributed by atoms with van der Waals surface area (Å²) in [5.74, 6) is 0. The molecular formula is C12H26N2. The molecule has 1 unspecified atom stereocenters. The molecule has 0 spiro atoms. The van der Waals surface area contributed by atoms with Gasteiger partial charge in [-0.1, -0.05) is 26.7 Å². The van der Waals surface area contributed by atoms with Crippen molar-refractivity contribution in [3.05, 3.63) is 0 Å². The van der Waals surface area contributed by atoms with Gasteiger partial charge in [0.2, 0.25) is 0 Å². The maximum atomic E-state index is 3.45. The summed E-state index contributed by atoms with van der Waals surface area (Å²) in [6, 6.07) is 1.60. The molecule has 1 N–H and O–H groups in total. The Labute approximate surface area is 89.1 Å². The first kappa shape index (κ1) is 12.0. The largest absolute Gasteiger partial charge is 0.315 e. The van der Waals surface area contributed by atoms with Crippen LogP contribution in [0.4, 0.5) is 0 Å². The number of likely N-dealkylation sites (N-methyl/N-ethyl adjacent to an activating group) is 1. The van der Waals surface area contributed by atoms with Crippen LogP contribution in [-0.4, -0.2) is 37.1 Å². The van der Waals surface area contributed by atoms with E-state index in [0.29, 0.717) is 0 Å². The van der Waals surface area contributed by atoms with Crippen molar-refractivity contribution in [3.63, 3.8) is 0 Å². The average Bonchev–Trinajstić information content (AvgIpc) is 2.69. The van der Waals surface area contributed by atoms with E-state index in [0.717, 1.165) is 12.1 Å². The van der Waals surface area contributed by atoms with E-state index in [1.165, 1.54) is 45.2 Å². The predicted molar refractivity (Wildman–Crippen MR) is 62.6 cm³/mol. The van der Waals surface area contributed by atoms with E-state index in [-0.39, 0.29) is 0 Å². The van der Waals surface area contributed by atoms with E-state index < -0.39 is 0 Å². The van der Waals surface area contributed by atoms with Crippen LogP contribution in [0.2, 0.25) is 0 Å². The van der Waals surface area contributed by atoms with Crippen LogP contribution in [0.5, 0.6) is 0 Å². The zero-order valence-corrected chi connectivity index (χ0v) is 10.1. The van der Waals surface area contributed by atoms with Gasteiger partial charge in [-0.25, -0.2) is 0 Å². The lowest BCUT2D eigenvalue weighted by Crippen LogP contribution is -2.41. The Morgan fingerprint density at radius 3 is 2.36 bits per heavy atom. The highest BCUT2D eigenvalue weighted by molar-refractivity contribution is 4.82. The van der Waals surface area contributed by atoms with E-state index >= 15 is 0 Å². The Morgan fingerprint density at radius 2 is 1.93 bits per heavy atom. The second-order valence-corrected chi connectivity index (χ2v) is 4.54. The third-order valence-electron chi connectivity index (χ3n) is 3.43. The average molecular weight is 198 g/mol. The molecule has 0 bridgehead atoms. The summed E-state index contributed by atoms with van der Waals surface area (Å²) in [6.45, 7) is 6.99. The van der Waals surface area contributed by atoms with Crippen molar-refractivity contribution in [1.82, 2.24) is 10.2 Å². The maximum absolute atomic E-state index is 3.45. The number of hydrogen-bond donors (Lipinski definition) is 1. The van der Waals surface area contributed by atoms with Crippen LogP contribution in [0.3, 0.4) is 0 Å². The quantitative estimate of drug-likeness (QED) is 0.704. The van der Waals surface area contributed by atoms with Crippen LogP contribution in [-0.2, 0) is 0 Å². The zero-order valence-electron chi connectivity index (χ0n) is 10.1. The van der Waals surface area contributed by atoms with E-state index in [9.17, 15) is 0 Å². The summed E-state index contributed by atoms with van der Waals surface area (Å²) in [6.07, 6.45) is 6.69. The van der Waals surface area contributed by atoms with Crippen molar-refractivity contribution >= 4 is 0 Å². The molecular weight excluding hydrogens is 172 g/mol. The van der Waals surface area contributed by atoms with E-state index in [1.54, 1.807) is 0 Å². The minimum absolute atomic E-state index is 0.790. The van der Waals surface area contributed by atoms with Gasteiger partial charge in [0.1, 0.15) is 0 Å². The number of hydrogen-bond acceptors (Lipinski definition) is 2. The molecule has 0 aromatic rings. The topological polar surface area (TPSA) is 15.3 Å². The fourth-order valence-corrected chi connectivity index (χ4v) is 2.50. The van der Waals surface area contributed by atoms with Gasteiger partial charge < -0.3 is 5.32 Å². The Balaban J connectivity index is 2.39. The Bertz CT molecular complexity index is 135. The predicted octanol–water partition coefficient (Wildman–Crippen LogP) is 2.25. The molecule has 1 saturated heterocycles. The standard InChI is InChI=1S/C12H26N2/c1-4-6-11(7-5-2)14(3)12-8-9-13-10-12/h11-13H,4-10H2,1-3H3. The molecule has 1 aliphatic heterocycles. The Hall–Kier alpha value is -0.0800. The van der Waals surface area contributed by atoms with Crippen LogP contribution < -0.4 is 5.32 Å². The molecule has 1 atom stereocenters. The summed E-state index contributed by atoms with van der Waals surface area (Å²) in [5.41, 5.74) is 0. The smallest absolute Gasteiger partial charge is 0.0232 e. The number of nitrogens with zero attached hydrogens (tertiary/aromatic N) is 1. The fraction of sp³-hybridized carbons (Fsp3) is 1.00. The zero-order chi connectivity index (χ0) is 10.4. The molecule has 0 aliphatic carbocycles. The third-order valence-corrected chi connectivity index (χ3v) is 3.43. The molecule has 0 saturated carbocycles. The molecule has 0 aromatic heterocycles. The van der Waals surface area contributed by atoms with Gasteiger partial charge in [0.05, 0.1) is 0 Å². The molecule has 84 valence electrons. The minimum atomic E-state index is 0.790. The molecule has 0 aromatic carbocycles. The van der Waals surface area contributed by atoms with Crippen LogP contribution in [0.15, 0.2) is 0 Å². The fourth-order valence-electron chi connectivity index (χ4n) is 2.50. The van der Waals surface area contributed by atoms with Crippen molar-refractivity contribution in [2.24, 2.45) is 0 Å². The van der Waals surface area contributed by atoms with Gasteiger partial charge >= 0.3 is 0 Å². The van der Waals surface area contributed by atoms with Crippen LogP contribution in [0.1, 0.15) is 46.0 Å². The van der Waals surface area contributed by atoms with Crippen molar-refractivity contribution in [3.8, 4) is 0 Å². The molecule has 2 heteroatoms. The molecule has 0 radical (unpaired) electrons. The first-order chi connectivity index (χ1) is 6.79.